The van der Waals surface area contributed by atoms with E-state index in [1.54, 1.807) is 25.3 Å². The first-order valence-corrected chi connectivity index (χ1v) is 6.97. The highest BCUT2D eigenvalue weighted by Crippen LogP contribution is 2.24. The smallest absolute Gasteiger partial charge is 0.319 e. The Labute approximate surface area is 133 Å². The summed E-state index contributed by atoms with van der Waals surface area (Å²) in [5, 5.41) is 6.28. The first-order chi connectivity index (χ1) is 10.1. The minimum atomic E-state index is -0.316. The van der Waals surface area contributed by atoms with Crippen LogP contribution in [-0.2, 0) is 6.54 Å². The molecule has 0 aliphatic heterocycles. The van der Waals surface area contributed by atoms with Gasteiger partial charge >= 0.3 is 6.03 Å². The third kappa shape index (κ3) is 4.55. The third-order valence-electron chi connectivity index (χ3n) is 2.79. The van der Waals surface area contributed by atoms with Crippen LogP contribution < -0.4 is 15.4 Å². The van der Waals surface area contributed by atoms with Gasteiger partial charge < -0.3 is 15.4 Å². The summed E-state index contributed by atoms with van der Waals surface area (Å²) in [6.07, 6.45) is 0. The normalized spacial score (nSPS) is 10.0. The number of halogens is 2. The number of methoxy groups -OCH3 is 1. The van der Waals surface area contributed by atoms with Crippen molar-refractivity contribution in [3.63, 3.8) is 0 Å². The maximum atomic E-state index is 11.8. The zero-order valence-electron chi connectivity index (χ0n) is 11.3. The van der Waals surface area contributed by atoms with E-state index < -0.39 is 0 Å². The number of anilines is 1. The molecule has 0 aliphatic carbocycles. The fourth-order valence-electron chi connectivity index (χ4n) is 1.67. The van der Waals surface area contributed by atoms with Crippen molar-refractivity contribution in [3.8, 4) is 5.75 Å². The Morgan fingerprint density at radius 2 is 1.81 bits per heavy atom. The van der Waals surface area contributed by atoms with Crippen molar-refractivity contribution in [2.45, 2.75) is 6.54 Å². The summed E-state index contributed by atoms with van der Waals surface area (Å²) < 4.78 is 5.07. The summed E-state index contributed by atoms with van der Waals surface area (Å²) in [5.41, 5.74) is 1.55. The van der Waals surface area contributed by atoms with Crippen LogP contribution in [0.3, 0.4) is 0 Å². The minimum Gasteiger partial charge on any atom is -0.497 e. The number of benzene rings is 2. The zero-order valence-corrected chi connectivity index (χ0v) is 12.8. The van der Waals surface area contributed by atoms with Gasteiger partial charge in [-0.1, -0.05) is 35.3 Å². The summed E-state index contributed by atoms with van der Waals surface area (Å²) in [6, 6.07) is 12.0. The van der Waals surface area contributed by atoms with Gasteiger partial charge in [0, 0.05) is 12.2 Å². The van der Waals surface area contributed by atoms with Crippen LogP contribution >= 0.6 is 23.2 Å². The number of hydrogen-bond acceptors (Lipinski definition) is 2. The number of carbonyl (C=O) groups excluding carboxylic acids is 1. The second-order valence-electron chi connectivity index (χ2n) is 4.28. The van der Waals surface area contributed by atoms with Gasteiger partial charge in [0.2, 0.25) is 0 Å². The molecule has 2 N–H and O–H groups in total. The number of amides is 2. The van der Waals surface area contributed by atoms with E-state index in [4.69, 9.17) is 27.9 Å². The van der Waals surface area contributed by atoms with E-state index in [9.17, 15) is 4.79 Å². The molecule has 110 valence electrons. The molecule has 6 heteroatoms. The van der Waals surface area contributed by atoms with Crippen molar-refractivity contribution in [3.05, 3.63) is 58.1 Å². The van der Waals surface area contributed by atoms with Crippen molar-refractivity contribution in [1.29, 1.82) is 0 Å². The van der Waals surface area contributed by atoms with Crippen molar-refractivity contribution < 1.29 is 9.53 Å². The summed E-state index contributed by atoms with van der Waals surface area (Å²) in [4.78, 5) is 11.8. The fraction of sp³-hybridized carbons (Fsp3) is 0.133. The maximum absolute atomic E-state index is 11.8. The lowest BCUT2D eigenvalue weighted by molar-refractivity contribution is 0.251. The van der Waals surface area contributed by atoms with Gasteiger partial charge in [0.15, 0.2) is 0 Å². The molecule has 0 atom stereocenters. The number of ether oxygens (including phenoxy) is 1. The molecule has 0 radical (unpaired) electrons. The van der Waals surface area contributed by atoms with E-state index >= 15 is 0 Å². The lowest BCUT2D eigenvalue weighted by Crippen LogP contribution is -2.28. The van der Waals surface area contributed by atoms with E-state index in [1.165, 1.54) is 0 Å². The van der Waals surface area contributed by atoms with Crippen LogP contribution in [0.2, 0.25) is 10.0 Å². The van der Waals surface area contributed by atoms with Crippen molar-refractivity contribution in [2.24, 2.45) is 0 Å². The molecule has 0 aromatic heterocycles. The molecular weight excluding hydrogens is 311 g/mol. The Bertz CT molecular complexity index is 630. The Kier molecular flexibility index (Phi) is 5.31. The second kappa shape index (κ2) is 7.20. The molecular formula is C15H14Cl2N2O2. The topological polar surface area (TPSA) is 50.4 Å². The molecule has 0 unspecified atom stereocenters. The van der Waals surface area contributed by atoms with Gasteiger partial charge in [0.05, 0.1) is 17.2 Å². The Hall–Kier alpha value is -1.91. The number of hydrogen-bond donors (Lipinski definition) is 2. The number of rotatable bonds is 4. The van der Waals surface area contributed by atoms with Crippen LogP contribution in [0.1, 0.15) is 5.56 Å². The standard InChI is InChI=1S/C15H14Cl2N2O2/c1-21-12-5-2-10(3-6-12)9-18-15(20)19-11-4-7-13(16)14(17)8-11/h2-8H,9H2,1H3,(H2,18,19,20). The molecule has 0 saturated carbocycles. The van der Waals surface area contributed by atoms with Gasteiger partial charge in [0.25, 0.3) is 0 Å². The molecule has 2 rings (SSSR count). The van der Waals surface area contributed by atoms with E-state index in [2.05, 4.69) is 10.6 Å². The average Bonchev–Trinajstić information content (AvgIpc) is 2.49. The highest BCUT2D eigenvalue weighted by atomic mass is 35.5. The Balaban J connectivity index is 1.87. The van der Waals surface area contributed by atoms with Crippen molar-refractivity contribution in [1.82, 2.24) is 5.32 Å². The predicted octanol–water partition coefficient (Wildman–Crippen LogP) is 4.32. The Morgan fingerprint density at radius 3 is 2.43 bits per heavy atom. The van der Waals surface area contributed by atoms with E-state index in [0.717, 1.165) is 11.3 Å². The summed E-state index contributed by atoms with van der Waals surface area (Å²) in [5.74, 6) is 0.777. The molecule has 4 nitrogen and oxygen atoms in total. The molecule has 0 aliphatic rings. The third-order valence-corrected chi connectivity index (χ3v) is 3.53. The van der Waals surface area contributed by atoms with Crippen LogP contribution in [0, 0.1) is 0 Å². The van der Waals surface area contributed by atoms with Crippen LogP contribution in [0.5, 0.6) is 5.75 Å². The highest BCUT2D eigenvalue weighted by Gasteiger charge is 2.04. The largest absolute Gasteiger partial charge is 0.497 e. The van der Waals surface area contributed by atoms with Gasteiger partial charge in [-0.2, -0.15) is 0 Å². The van der Waals surface area contributed by atoms with Crippen LogP contribution in [0.4, 0.5) is 10.5 Å². The summed E-state index contributed by atoms with van der Waals surface area (Å²) >= 11 is 11.7. The molecule has 0 heterocycles. The molecule has 0 fully saturated rings. The Morgan fingerprint density at radius 1 is 1.10 bits per heavy atom. The molecule has 21 heavy (non-hydrogen) atoms. The monoisotopic (exact) mass is 324 g/mol. The second-order valence-corrected chi connectivity index (χ2v) is 5.10. The van der Waals surface area contributed by atoms with Crippen LogP contribution in [0.15, 0.2) is 42.5 Å². The van der Waals surface area contributed by atoms with Crippen LogP contribution in [-0.4, -0.2) is 13.1 Å². The summed E-state index contributed by atoms with van der Waals surface area (Å²) in [6.45, 7) is 0.414. The maximum Gasteiger partial charge on any atom is 0.319 e. The average molecular weight is 325 g/mol. The number of urea groups is 1. The first-order valence-electron chi connectivity index (χ1n) is 6.21. The molecule has 2 aromatic carbocycles. The summed E-state index contributed by atoms with van der Waals surface area (Å²) in [7, 11) is 1.61. The zero-order chi connectivity index (χ0) is 15.2. The highest BCUT2D eigenvalue weighted by molar-refractivity contribution is 6.42. The van der Waals surface area contributed by atoms with E-state index in [1.807, 2.05) is 24.3 Å². The quantitative estimate of drug-likeness (QED) is 0.879. The van der Waals surface area contributed by atoms with Gasteiger partial charge in [-0.25, -0.2) is 4.79 Å². The number of carbonyl (C=O) groups is 1. The van der Waals surface area contributed by atoms with E-state index in [-0.39, 0.29) is 6.03 Å². The number of nitrogens with one attached hydrogen (secondary N) is 2. The van der Waals surface area contributed by atoms with E-state index in [0.29, 0.717) is 22.3 Å². The molecule has 0 bridgehead atoms. The van der Waals surface area contributed by atoms with Gasteiger partial charge in [-0.05, 0) is 35.9 Å². The molecule has 2 aromatic rings. The lowest BCUT2D eigenvalue weighted by atomic mass is 10.2. The molecule has 2 amide bonds. The molecule has 0 spiro atoms. The van der Waals surface area contributed by atoms with Crippen molar-refractivity contribution in [2.75, 3.05) is 12.4 Å². The fourth-order valence-corrected chi connectivity index (χ4v) is 1.97. The van der Waals surface area contributed by atoms with Crippen LogP contribution in [0.25, 0.3) is 0 Å². The van der Waals surface area contributed by atoms with Crippen molar-refractivity contribution >= 4 is 34.9 Å². The van der Waals surface area contributed by atoms with Gasteiger partial charge in [-0.15, -0.1) is 0 Å². The molecule has 0 saturated heterocycles. The van der Waals surface area contributed by atoms with Gasteiger partial charge in [-0.3, -0.25) is 0 Å². The minimum absolute atomic E-state index is 0.316. The SMILES string of the molecule is COc1ccc(CNC(=O)Nc2ccc(Cl)c(Cl)c2)cc1. The predicted molar refractivity (Wildman–Crippen MR) is 85.3 cm³/mol. The first kappa shape index (κ1) is 15.5. The lowest BCUT2D eigenvalue weighted by Gasteiger charge is -2.09. The van der Waals surface area contributed by atoms with Gasteiger partial charge in [0.1, 0.15) is 5.75 Å².